The zero-order valence-corrected chi connectivity index (χ0v) is 49.7. The molecule has 4 rings (SSSR count). The summed E-state index contributed by atoms with van der Waals surface area (Å²) in [5.41, 5.74) is 0.672. The van der Waals surface area contributed by atoms with Gasteiger partial charge >= 0.3 is 20.6 Å². The fourth-order valence-corrected chi connectivity index (χ4v) is 11.3. The number of benzene rings is 4. The number of hydrogen-bond donors (Lipinski definition) is 5. The molecule has 0 heterocycles. The van der Waals surface area contributed by atoms with Crippen molar-refractivity contribution in [3.8, 4) is 11.8 Å². The fourth-order valence-electron chi connectivity index (χ4n) is 8.08. The van der Waals surface area contributed by atoms with Crippen LogP contribution < -0.4 is 31.1 Å². The van der Waals surface area contributed by atoms with Crippen LogP contribution in [-0.4, -0.2) is 111 Å². The van der Waals surface area contributed by atoms with E-state index in [2.05, 4.69) is 43.9 Å². The van der Waals surface area contributed by atoms with Crippen LogP contribution in [0.15, 0.2) is 122 Å². The molecular formula is C58H77ClN7O11PSi. The van der Waals surface area contributed by atoms with Crippen LogP contribution in [-0.2, 0) is 54.4 Å². The smallest absolute Gasteiger partial charge is 0.407 e. The summed E-state index contributed by atoms with van der Waals surface area (Å²) in [7, 11) is -4.30. The Bertz CT molecular complexity index is 2660. The summed E-state index contributed by atoms with van der Waals surface area (Å²) in [5, 5.41) is 22.3. The molecule has 0 aromatic heterocycles. The van der Waals surface area contributed by atoms with Gasteiger partial charge in [0, 0.05) is 40.2 Å². The molecule has 18 nitrogen and oxygen atoms in total. The quantitative estimate of drug-likeness (QED) is 0.00854. The van der Waals surface area contributed by atoms with Gasteiger partial charge in [0.15, 0.2) is 13.9 Å². The molecule has 1 unspecified atom stereocenters. The van der Waals surface area contributed by atoms with Crippen molar-refractivity contribution in [1.82, 2.24) is 31.3 Å². The number of esters is 1. The lowest BCUT2D eigenvalue weighted by atomic mass is 9.80. The summed E-state index contributed by atoms with van der Waals surface area (Å²) in [4.78, 5) is 82.7. The van der Waals surface area contributed by atoms with E-state index in [9.17, 15) is 34.0 Å². The first-order valence-corrected chi connectivity index (χ1v) is 30.6. The van der Waals surface area contributed by atoms with Gasteiger partial charge in [-0.2, -0.15) is 5.26 Å². The third kappa shape index (κ3) is 19.0. The number of rotatable bonds is 29. The van der Waals surface area contributed by atoms with E-state index in [4.69, 9.17) is 34.5 Å². The molecule has 5 N–H and O–H groups in total. The maximum absolute atomic E-state index is 14.9. The van der Waals surface area contributed by atoms with Gasteiger partial charge in [0.25, 0.3) is 0 Å². The van der Waals surface area contributed by atoms with Crippen molar-refractivity contribution in [2.24, 2.45) is 0 Å². The zero-order chi connectivity index (χ0) is 58.5. The number of alkyl carbamates (subject to hydrolysis) is 1. The number of carbonyl (C=O) groups is 6. The van der Waals surface area contributed by atoms with Gasteiger partial charge in [0.05, 0.1) is 25.2 Å². The molecule has 0 aliphatic heterocycles. The van der Waals surface area contributed by atoms with Crippen LogP contribution in [0.5, 0.6) is 5.75 Å². The Morgan fingerprint density at radius 3 is 1.89 bits per heavy atom. The predicted octanol–water partition coefficient (Wildman–Crippen LogP) is 8.99. The van der Waals surface area contributed by atoms with Crippen LogP contribution in [0.3, 0.4) is 0 Å². The maximum atomic E-state index is 14.9. The normalized spacial score (nSPS) is 13.6. The van der Waals surface area contributed by atoms with Crippen LogP contribution in [0, 0.1) is 11.3 Å². The van der Waals surface area contributed by atoms with Gasteiger partial charge in [-0.3, -0.25) is 24.0 Å². The number of ether oxygens (including phenoxy) is 2. The minimum absolute atomic E-state index is 0.0466. The van der Waals surface area contributed by atoms with Gasteiger partial charge in [0.1, 0.15) is 43.6 Å². The maximum Gasteiger partial charge on any atom is 0.407 e. The molecule has 0 saturated heterocycles. The van der Waals surface area contributed by atoms with Crippen molar-refractivity contribution in [2.45, 2.75) is 135 Å². The molecule has 5 amide bonds. The second-order valence-electron chi connectivity index (χ2n) is 20.7. The first-order valence-electron chi connectivity index (χ1n) is 26.1. The summed E-state index contributed by atoms with van der Waals surface area (Å²) in [6.45, 7) is 23.6. The summed E-state index contributed by atoms with van der Waals surface area (Å²) < 4.78 is 32.6. The van der Waals surface area contributed by atoms with Gasteiger partial charge in [-0.05, 0) is 83.4 Å². The molecule has 0 bridgehead atoms. The van der Waals surface area contributed by atoms with Crippen molar-refractivity contribution in [1.29, 1.82) is 5.26 Å². The highest BCUT2D eigenvalue weighted by atomic mass is 35.5. The van der Waals surface area contributed by atoms with E-state index in [0.29, 0.717) is 33.0 Å². The Hall–Kier alpha value is -6.65. The van der Waals surface area contributed by atoms with Gasteiger partial charge in [0.2, 0.25) is 23.6 Å². The molecule has 0 aliphatic carbocycles. The molecule has 5 atom stereocenters. The van der Waals surface area contributed by atoms with Crippen molar-refractivity contribution in [2.75, 3.05) is 26.3 Å². The van der Waals surface area contributed by atoms with E-state index in [1.165, 1.54) is 13.0 Å². The Labute approximate surface area is 472 Å². The second-order valence-corrected chi connectivity index (χ2v) is 27.3. The Balaban J connectivity index is 1.70. The van der Waals surface area contributed by atoms with E-state index in [0.717, 1.165) is 0 Å². The zero-order valence-electron chi connectivity index (χ0n) is 47.1. The van der Waals surface area contributed by atoms with Crippen molar-refractivity contribution in [3.63, 3.8) is 0 Å². The number of hydrogen-bond acceptors (Lipinski definition) is 13. The van der Waals surface area contributed by atoms with Gasteiger partial charge in [-0.25, -0.2) is 9.46 Å². The third-order valence-electron chi connectivity index (χ3n) is 13.0. The van der Waals surface area contributed by atoms with Crippen LogP contribution >= 0.6 is 20.1 Å². The van der Waals surface area contributed by atoms with Gasteiger partial charge in [-0.1, -0.05) is 136 Å². The van der Waals surface area contributed by atoms with Crippen molar-refractivity contribution < 1.29 is 51.7 Å². The molecule has 0 aliphatic rings. The van der Waals surface area contributed by atoms with Crippen molar-refractivity contribution in [3.05, 3.63) is 149 Å². The highest BCUT2D eigenvalue weighted by molar-refractivity contribution is 7.45. The number of halogens is 1. The molecule has 426 valence electrons. The lowest BCUT2D eigenvalue weighted by Gasteiger charge is -2.40. The highest BCUT2D eigenvalue weighted by Crippen LogP contribution is 2.47. The molecule has 21 heteroatoms. The Morgan fingerprint density at radius 2 is 1.34 bits per heavy atom. The molecule has 4 aromatic carbocycles. The lowest BCUT2D eigenvalue weighted by molar-refractivity contribution is -0.153. The van der Waals surface area contributed by atoms with E-state index in [1.807, 2.05) is 122 Å². The highest BCUT2D eigenvalue weighted by Gasteiger charge is 2.44. The van der Waals surface area contributed by atoms with E-state index < -0.39 is 95.5 Å². The minimum atomic E-state index is -2.66. The van der Waals surface area contributed by atoms with E-state index in [1.54, 1.807) is 55.5 Å². The average Bonchev–Trinajstić information content (AvgIpc) is 3.40. The van der Waals surface area contributed by atoms with Crippen LogP contribution in [0.25, 0.3) is 0 Å². The van der Waals surface area contributed by atoms with E-state index in [-0.39, 0.29) is 43.2 Å². The average molecular weight is 1140 g/mol. The second kappa shape index (κ2) is 30.6. The van der Waals surface area contributed by atoms with Crippen LogP contribution in [0.4, 0.5) is 4.79 Å². The summed E-state index contributed by atoms with van der Waals surface area (Å²) in [5.74, 6) is -3.44. The topological polar surface area (TPSA) is 236 Å². The van der Waals surface area contributed by atoms with Gasteiger partial charge in [-0.15, -0.1) is 0 Å². The monoisotopic (exact) mass is 1140 g/mol. The number of carbonyl (C=O) groups excluding carboxylic acids is 6. The summed E-state index contributed by atoms with van der Waals surface area (Å²) >= 11 is 6.89. The number of nitriles is 1. The molecule has 0 fully saturated rings. The molecule has 0 radical (unpaired) electrons. The minimum Gasteiger partial charge on any atom is -0.445 e. The molecule has 0 saturated carbocycles. The summed E-state index contributed by atoms with van der Waals surface area (Å²) in [6.07, 6.45) is -0.425. The largest absolute Gasteiger partial charge is 0.445 e. The predicted molar refractivity (Wildman–Crippen MR) is 308 cm³/mol. The molecular weight excluding hydrogens is 1070 g/mol. The number of nitrogens with zero attached hydrogens (tertiary/aromatic N) is 2. The Morgan fingerprint density at radius 1 is 0.759 bits per heavy atom. The molecule has 79 heavy (non-hydrogen) atoms. The van der Waals surface area contributed by atoms with Crippen molar-refractivity contribution >= 4 is 64.1 Å². The number of amides is 5. The molecule has 0 spiro atoms. The SMILES string of the molecule is C=CCOC(=O)NCC(=O)N[C@@H](C)C(=O)N[C@@H](Cc1ccc(OP(OCCC#N)N(C(C)C)C(C)C)cc1)C(=O)N[C@H](C(=O)NCC(=O)OC(c1ccccc1)(c1ccccc1)c1ccccc1Cl)[C@@H](C)O[Si](C)(C)C(C)(C)C. The van der Waals surface area contributed by atoms with E-state index >= 15 is 0 Å². The first-order chi connectivity index (χ1) is 37.3. The number of nitrogens with one attached hydrogen (secondary N) is 5. The standard InChI is InChI=1S/C58H77ClN7O11PSi/c1-13-34-73-56(72)62-37-50(67)63-41(6)53(69)64-49(36-43-29-31-46(32-30-43)76-78(74-35-22-33-60)66(39(2)3)40(4)5)54(70)65-52(42(7)77-79(11,12)57(8,9)10)55(71)61-38-51(68)75-58(44-23-16-14-17-24-44,45-25-18-15-19-26-45)47-27-20-21-28-48(47)59/h13-21,23-32,39-42,49,52H,1,22,34-38H2,2-12H3,(H,61,71)(H,62,72)(H,63,67)(H,64,69)(H,65,70)/t41-,42+,49-,52-,78?/m0/s1. The molecule has 4 aromatic rings. The lowest BCUT2D eigenvalue weighted by Crippen LogP contribution is -2.61. The first kappa shape index (κ1) is 64.9. The summed E-state index contributed by atoms with van der Waals surface area (Å²) in [6, 6.07) is 30.3. The third-order valence-corrected chi connectivity index (χ3v) is 19.9. The van der Waals surface area contributed by atoms with Gasteiger partial charge < -0.3 is 49.5 Å². The van der Waals surface area contributed by atoms with Crippen LogP contribution in [0.1, 0.15) is 91.0 Å². The fraction of sp³-hybridized carbons (Fsp3) is 0.431. The van der Waals surface area contributed by atoms with Crippen LogP contribution in [0.2, 0.25) is 23.2 Å². The Kier molecular flexibility index (Phi) is 25.2.